The van der Waals surface area contributed by atoms with Gasteiger partial charge < -0.3 is 9.72 Å². The molecular formula is C10H7ClN2O3. The molecule has 0 saturated carbocycles. The summed E-state index contributed by atoms with van der Waals surface area (Å²) >= 11 is 5.73. The van der Waals surface area contributed by atoms with Crippen LogP contribution in [-0.2, 0) is 4.74 Å². The van der Waals surface area contributed by atoms with Crippen molar-refractivity contribution in [1.82, 2.24) is 9.97 Å². The van der Waals surface area contributed by atoms with Gasteiger partial charge in [-0.2, -0.15) is 0 Å². The highest BCUT2D eigenvalue weighted by Crippen LogP contribution is 2.17. The lowest BCUT2D eigenvalue weighted by molar-refractivity contribution is 0.0602. The molecule has 0 aliphatic rings. The Morgan fingerprint density at radius 3 is 3.00 bits per heavy atom. The first-order valence-corrected chi connectivity index (χ1v) is 4.77. The molecule has 0 spiro atoms. The number of H-pyrrole nitrogens is 1. The van der Waals surface area contributed by atoms with Crippen LogP contribution in [0.5, 0.6) is 0 Å². The Kier molecular flexibility index (Phi) is 2.62. The molecule has 0 fully saturated rings. The van der Waals surface area contributed by atoms with Crippen LogP contribution in [-0.4, -0.2) is 23.0 Å². The Bertz CT molecular complexity index is 621. The largest absolute Gasteiger partial charge is 0.465 e. The molecule has 82 valence electrons. The van der Waals surface area contributed by atoms with Crippen molar-refractivity contribution in [2.45, 2.75) is 0 Å². The van der Waals surface area contributed by atoms with Crippen LogP contribution in [0.25, 0.3) is 11.0 Å². The molecule has 6 heteroatoms. The summed E-state index contributed by atoms with van der Waals surface area (Å²) in [7, 11) is 1.25. The maximum Gasteiger partial charge on any atom is 0.340 e. The van der Waals surface area contributed by atoms with E-state index in [1.165, 1.54) is 25.4 Å². The van der Waals surface area contributed by atoms with Crippen molar-refractivity contribution in [3.8, 4) is 0 Å². The van der Waals surface area contributed by atoms with Crippen molar-refractivity contribution in [3.05, 3.63) is 39.3 Å². The second kappa shape index (κ2) is 3.94. The third kappa shape index (κ3) is 1.65. The number of aromatic nitrogens is 2. The Hall–Kier alpha value is -1.88. The van der Waals surface area contributed by atoms with Gasteiger partial charge in [-0.1, -0.05) is 11.6 Å². The fourth-order valence-electron chi connectivity index (χ4n) is 1.39. The Morgan fingerprint density at radius 2 is 2.31 bits per heavy atom. The van der Waals surface area contributed by atoms with Crippen molar-refractivity contribution >= 4 is 28.6 Å². The number of nitrogens with one attached hydrogen (secondary N) is 1. The van der Waals surface area contributed by atoms with E-state index in [1.807, 2.05) is 0 Å². The Balaban J connectivity index is 2.88. The predicted molar refractivity (Wildman–Crippen MR) is 58.7 cm³/mol. The zero-order valence-electron chi connectivity index (χ0n) is 8.28. The third-order valence-electron chi connectivity index (χ3n) is 2.09. The minimum absolute atomic E-state index is 0.0737. The molecule has 0 unspecified atom stereocenters. The first kappa shape index (κ1) is 10.6. The summed E-state index contributed by atoms with van der Waals surface area (Å²) in [5, 5.41) is 0.0737. The number of fused-ring (bicyclic) bond motifs is 1. The van der Waals surface area contributed by atoms with Gasteiger partial charge in [0.25, 0.3) is 0 Å². The first-order chi connectivity index (χ1) is 7.63. The van der Waals surface area contributed by atoms with Gasteiger partial charge in [0.15, 0.2) is 0 Å². The van der Waals surface area contributed by atoms with Gasteiger partial charge in [0.05, 0.1) is 18.2 Å². The van der Waals surface area contributed by atoms with Crippen LogP contribution in [0.15, 0.2) is 23.1 Å². The number of pyridine rings is 2. The number of esters is 1. The lowest BCUT2D eigenvalue weighted by atomic mass is 10.2. The zero-order chi connectivity index (χ0) is 11.7. The molecule has 0 aliphatic carbocycles. The van der Waals surface area contributed by atoms with Crippen molar-refractivity contribution in [3.63, 3.8) is 0 Å². The monoisotopic (exact) mass is 238 g/mol. The topological polar surface area (TPSA) is 72.0 Å². The summed E-state index contributed by atoms with van der Waals surface area (Å²) in [6, 6.07) is 2.67. The van der Waals surface area contributed by atoms with E-state index < -0.39 is 5.97 Å². The van der Waals surface area contributed by atoms with Gasteiger partial charge in [0.1, 0.15) is 10.7 Å². The summed E-state index contributed by atoms with van der Waals surface area (Å²) in [6.07, 6.45) is 1.44. The number of methoxy groups -OCH3 is 1. The summed E-state index contributed by atoms with van der Waals surface area (Å²) in [5.41, 5.74) is 0.329. The molecule has 0 saturated heterocycles. The van der Waals surface area contributed by atoms with E-state index in [0.717, 1.165) is 0 Å². The predicted octanol–water partition coefficient (Wildman–Crippen LogP) is 1.36. The van der Waals surface area contributed by atoms with Gasteiger partial charge in [0, 0.05) is 12.3 Å². The SMILES string of the molecule is COC(=O)c1cc(Cl)nc2c(=O)cc[nH]c12. The first-order valence-electron chi connectivity index (χ1n) is 4.39. The number of carbonyl (C=O) groups excluding carboxylic acids is 1. The molecule has 0 aliphatic heterocycles. The molecule has 1 N–H and O–H groups in total. The van der Waals surface area contributed by atoms with E-state index in [9.17, 15) is 9.59 Å². The molecule has 2 aromatic rings. The average Bonchev–Trinajstić information content (AvgIpc) is 2.28. The van der Waals surface area contributed by atoms with Crippen LogP contribution in [0.2, 0.25) is 5.15 Å². The number of aromatic amines is 1. The number of hydrogen-bond acceptors (Lipinski definition) is 4. The molecule has 2 aromatic heterocycles. The van der Waals surface area contributed by atoms with Gasteiger partial charge in [-0.25, -0.2) is 9.78 Å². The fourth-order valence-corrected chi connectivity index (χ4v) is 1.58. The number of hydrogen-bond donors (Lipinski definition) is 1. The van der Waals surface area contributed by atoms with E-state index in [4.69, 9.17) is 11.6 Å². The quantitative estimate of drug-likeness (QED) is 0.602. The molecule has 2 heterocycles. The molecule has 0 radical (unpaired) electrons. The Morgan fingerprint density at radius 1 is 1.56 bits per heavy atom. The molecular weight excluding hydrogens is 232 g/mol. The van der Waals surface area contributed by atoms with Crippen LogP contribution >= 0.6 is 11.6 Å². The van der Waals surface area contributed by atoms with Crippen molar-refractivity contribution in [2.75, 3.05) is 7.11 Å². The maximum absolute atomic E-state index is 11.5. The summed E-state index contributed by atoms with van der Waals surface area (Å²) in [5.74, 6) is -0.573. The maximum atomic E-state index is 11.5. The lowest BCUT2D eigenvalue weighted by Crippen LogP contribution is -2.09. The molecule has 0 atom stereocenters. The molecule has 0 amide bonds. The summed E-state index contributed by atoms with van der Waals surface area (Å²) in [4.78, 5) is 29.6. The molecule has 2 rings (SSSR count). The summed E-state index contributed by atoms with van der Waals surface area (Å²) in [6.45, 7) is 0. The fraction of sp³-hybridized carbons (Fsp3) is 0.100. The van der Waals surface area contributed by atoms with Crippen LogP contribution in [0.4, 0.5) is 0 Å². The third-order valence-corrected chi connectivity index (χ3v) is 2.28. The van der Waals surface area contributed by atoms with Gasteiger partial charge in [-0.15, -0.1) is 0 Å². The van der Waals surface area contributed by atoms with Gasteiger partial charge >= 0.3 is 5.97 Å². The standard InChI is InChI=1S/C10H7ClN2O3/c1-16-10(15)5-4-7(11)13-9-6(14)2-3-12-8(5)9/h2-4H,1H3,(H,12,14). The molecule has 0 aromatic carbocycles. The minimum atomic E-state index is -0.573. The highest BCUT2D eigenvalue weighted by Gasteiger charge is 2.14. The average molecular weight is 239 g/mol. The molecule has 0 bridgehead atoms. The number of ether oxygens (including phenoxy) is 1. The highest BCUT2D eigenvalue weighted by atomic mass is 35.5. The number of nitrogens with zero attached hydrogens (tertiary/aromatic N) is 1. The van der Waals surface area contributed by atoms with E-state index in [2.05, 4.69) is 14.7 Å². The van der Waals surface area contributed by atoms with E-state index >= 15 is 0 Å². The number of carbonyl (C=O) groups is 1. The molecule has 5 nitrogen and oxygen atoms in total. The normalized spacial score (nSPS) is 10.4. The summed E-state index contributed by atoms with van der Waals surface area (Å²) < 4.78 is 4.59. The van der Waals surface area contributed by atoms with Crippen LogP contribution < -0.4 is 5.43 Å². The zero-order valence-corrected chi connectivity index (χ0v) is 9.04. The van der Waals surface area contributed by atoms with Crippen molar-refractivity contribution < 1.29 is 9.53 Å². The van der Waals surface area contributed by atoms with Crippen LogP contribution in [0, 0.1) is 0 Å². The smallest absolute Gasteiger partial charge is 0.340 e. The number of rotatable bonds is 1. The van der Waals surface area contributed by atoms with E-state index in [1.54, 1.807) is 0 Å². The highest BCUT2D eigenvalue weighted by molar-refractivity contribution is 6.30. The molecule has 16 heavy (non-hydrogen) atoms. The van der Waals surface area contributed by atoms with Crippen LogP contribution in [0.3, 0.4) is 0 Å². The van der Waals surface area contributed by atoms with Crippen molar-refractivity contribution in [1.29, 1.82) is 0 Å². The van der Waals surface area contributed by atoms with Crippen LogP contribution in [0.1, 0.15) is 10.4 Å². The lowest BCUT2D eigenvalue weighted by Gasteiger charge is -2.04. The Labute approximate surface area is 95.0 Å². The van der Waals surface area contributed by atoms with E-state index in [0.29, 0.717) is 5.52 Å². The van der Waals surface area contributed by atoms with Crippen molar-refractivity contribution in [2.24, 2.45) is 0 Å². The number of halogens is 1. The minimum Gasteiger partial charge on any atom is -0.465 e. The van der Waals surface area contributed by atoms with Gasteiger partial charge in [0.2, 0.25) is 5.43 Å². The van der Waals surface area contributed by atoms with E-state index in [-0.39, 0.29) is 21.7 Å². The second-order valence-electron chi connectivity index (χ2n) is 3.05. The van der Waals surface area contributed by atoms with Gasteiger partial charge in [-0.05, 0) is 6.07 Å². The second-order valence-corrected chi connectivity index (χ2v) is 3.44. The van der Waals surface area contributed by atoms with Gasteiger partial charge in [-0.3, -0.25) is 4.79 Å².